The van der Waals surface area contributed by atoms with Crippen LogP contribution in [0.3, 0.4) is 0 Å². The maximum absolute atomic E-state index is 6.40. The summed E-state index contributed by atoms with van der Waals surface area (Å²) >= 11 is 12.7. The van der Waals surface area contributed by atoms with Gasteiger partial charge in [-0.05, 0) is 32.0 Å². The van der Waals surface area contributed by atoms with E-state index >= 15 is 0 Å². The molecule has 6 heteroatoms. The molecule has 1 aromatic carbocycles. The molecule has 4 nitrogen and oxygen atoms in total. The molecule has 0 saturated carbocycles. The number of halogens is 2. The van der Waals surface area contributed by atoms with Crippen molar-refractivity contribution in [3.63, 3.8) is 0 Å². The van der Waals surface area contributed by atoms with E-state index in [1.54, 1.807) is 19.4 Å². The number of nitrogens with one attached hydrogen (secondary N) is 1. The van der Waals surface area contributed by atoms with Crippen LogP contribution in [0.15, 0.2) is 30.6 Å². The Kier molecular flexibility index (Phi) is 3.89. The average Bonchev–Trinajstić information content (AvgIpc) is 2.96. The Morgan fingerprint density at radius 3 is 2.64 bits per heavy atom. The molecular formula is C16H15Cl2N3O. The normalized spacial score (nSPS) is 11.0. The van der Waals surface area contributed by atoms with Gasteiger partial charge in [-0.25, -0.2) is 4.98 Å². The van der Waals surface area contributed by atoms with Crippen molar-refractivity contribution >= 4 is 40.2 Å². The molecule has 1 N–H and O–H groups in total. The number of pyridine rings is 1. The summed E-state index contributed by atoms with van der Waals surface area (Å²) in [6.07, 6.45) is 3.64. The molecule has 0 aliphatic carbocycles. The highest BCUT2D eigenvalue weighted by Gasteiger charge is 2.15. The summed E-state index contributed by atoms with van der Waals surface area (Å²) in [5.74, 6) is 0.759. The number of hydrogen-bond donors (Lipinski definition) is 1. The smallest absolute Gasteiger partial charge is 0.162 e. The number of aromatic nitrogens is 2. The number of aryl methyl sites for hydroxylation is 1. The van der Waals surface area contributed by atoms with Crippen LogP contribution in [0.1, 0.15) is 11.3 Å². The topological polar surface area (TPSA) is 38.6 Å². The van der Waals surface area contributed by atoms with E-state index in [1.165, 1.54) is 0 Å². The molecule has 2 aromatic heterocycles. The lowest BCUT2D eigenvalue weighted by molar-refractivity contribution is 0.412. The minimum Gasteiger partial charge on any atom is -0.496 e. The second-order valence-electron chi connectivity index (χ2n) is 5.00. The van der Waals surface area contributed by atoms with Gasteiger partial charge in [-0.2, -0.15) is 0 Å². The Balaban J connectivity index is 2.17. The molecule has 0 radical (unpaired) electrons. The Labute approximate surface area is 138 Å². The molecule has 0 amide bonds. The van der Waals surface area contributed by atoms with E-state index in [1.807, 2.05) is 36.6 Å². The maximum Gasteiger partial charge on any atom is 0.162 e. The molecule has 0 unspecified atom stereocenters. The average molecular weight is 336 g/mol. The SMILES string of the molecule is COc1ccc(Cl)c(Nc2c(Cl)cc(C)n3ccnc23)c1C. The van der Waals surface area contributed by atoms with Crippen LogP contribution in [0.4, 0.5) is 11.4 Å². The lowest BCUT2D eigenvalue weighted by Crippen LogP contribution is -2.01. The van der Waals surface area contributed by atoms with Crippen LogP contribution in [0, 0.1) is 13.8 Å². The minimum absolute atomic E-state index is 0.592. The standard InChI is InChI=1S/C16H15Cl2N3O/c1-9-8-12(18)15(16-19-6-7-21(9)16)20-14-10(2)13(22-3)5-4-11(14)17/h4-8,20H,1-3H3. The number of fused-ring (bicyclic) bond motifs is 1. The predicted octanol–water partition coefficient (Wildman–Crippen LogP) is 5.01. The largest absolute Gasteiger partial charge is 0.496 e. The molecule has 0 fully saturated rings. The van der Waals surface area contributed by atoms with Crippen molar-refractivity contribution in [2.45, 2.75) is 13.8 Å². The number of anilines is 2. The Bertz CT molecular complexity index is 858. The lowest BCUT2D eigenvalue weighted by Gasteiger charge is -2.16. The van der Waals surface area contributed by atoms with E-state index < -0.39 is 0 Å². The second kappa shape index (κ2) is 5.71. The molecule has 0 aliphatic rings. The van der Waals surface area contributed by atoms with Crippen molar-refractivity contribution < 1.29 is 4.74 Å². The third-order valence-corrected chi connectivity index (χ3v) is 4.27. The Hall–Kier alpha value is -1.91. The zero-order valence-corrected chi connectivity index (χ0v) is 14.0. The van der Waals surface area contributed by atoms with Crippen LogP contribution < -0.4 is 10.1 Å². The number of hydrogen-bond acceptors (Lipinski definition) is 3. The fourth-order valence-electron chi connectivity index (χ4n) is 2.48. The van der Waals surface area contributed by atoms with Crippen LogP contribution in [0.5, 0.6) is 5.75 Å². The zero-order chi connectivity index (χ0) is 15.9. The quantitative estimate of drug-likeness (QED) is 0.731. The van der Waals surface area contributed by atoms with Crippen molar-refractivity contribution in [1.29, 1.82) is 0 Å². The molecule has 0 aliphatic heterocycles. The van der Waals surface area contributed by atoms with Gasteiger partial charge in [0.05, 0.1) is 22.8 Å². The Morgan fingerprint density at radius 1 is 1.14 bits per heavy atom. The fourth-order valence-corrected chi connectivity index (χ4v) is 3.02. The minimum atomic E-state index is 0.592. The van der Waals surface area contributed by atoms with Crippen molar-refractivity contribution in [3.05, 3.63) is 51.9 Å². The number of rotatable bonds is 3. The summed E-state index contributed by atoms with van der Waals surface area (Å²) in [5.41, 5.74) is 4.16. The molecule has 0 atom stereocenters. The van der Waals surface area contributed by atoms with Gasteiger partial charge in [-0.3, -0.25) is 0 Å². The number of nitrogens with zero attached hydrogens (tertiary/aromatic N) is 2. The second-order valence-corrected chi connectivity index (χ2v) is 5.82. The fraction of sp³-hybridized carbons (Fsp3) is 0.188. The Morgan fingerprint density at radius 2 is 1.91 bits per heavy atom. The van der Waals surface area contributed by atoms with Crippen molar-refractivity contribution in [2.75, 3.05) is 12.4 Å². The first-order valence-corrected chi connectivity index (χ1v) is 7.50. The predicted molar refractivity (Wildman–Crippen MR) is 91.0 cm³/mol. The molecule has 0 saturated heterocycles. The molecule has 0 spiro atoms. The zero-order valence-electron chi connectivity index (χ0n) is 12.4. The van der Waals surface area contributed by atoms with Gasteiger partial charge in [0.2, 0.25) is 0 Å². The van der Waals surface area contributed by atoms with E-state index in [9.17, 15) is 0 Å². The first-order valence-electron chi connectivity index (χ1n) is 6.75. The molecule has 3 rings (SSSR count). The van der Waals surface area contributed by atoms with Gasteiger partial charge in [0, 0.05) is 23.7 Å². The third-order valence-electron chi connectivity index (χ3n) is 3.65. The lowest BCUT2D eigenvalue weighted by atomic mass is 10.1. The van der Waals surface area contributed by atoms with E-state index in [2.05, 4.69) is 10.3 Å². The van der Waals surface area contributed by atoms with Crippen LogP contribution >= 0.6 is 23.2 Å². The number of imidazole rings is 1. The monoisotopic (exact) mass is 335 g/mol. The molecule has 2 heterocycles. The van der Waals surface area contributed by atoms with Crippen LogP contribution in [0.25, 0.3) is 5.65 Å². The highest BCUT2D eigenvalue weighted by atomic mass is 35.5. The molecule has 0 bridgehead atoms. The van der Waals surface area contributed by atoms with E-state index in [0.717, 1.165) is 34.0 Å². The number of benzene rings is 1. The maximum atomic E-state index is 6.40. The van der Waals surface area contributed by atoms with E-state index in [-0.39, 0.29) is 0 Å². The summed E-state index contributed by atoms with van der Waals surface area (Å²) in [5, 5.41) is 4.50. The summed E-state index contributed by atoms with van der Waals surface area (Å²) in [4.78, 5) is 4.38. The van der Waals surface area contributed by atoms with E-state index in [4.69, 9.17) is 27.9 Å². The van der Waals surface area contributed by atoms with Gasteiger partial charge in [-0.1, -0.05) is 23.2 Å². The highest BCUT2D eigenvalue weighted by Crippen LogP contribution is 2.38. The van der Waals surface area contributed by atoms with Crippen molar-refractivity contribution in [3.8, 4) is 5.75 Å². The first kappa shape index (κ1) is 15.0. The van der Waals surface area contributed by atoms with Gasteiger partial charge in [0.1, 0.15) is 11.4 Å². The summed E-state index contributed by atoms with van der Waals surface area (Å²) in [6, 6.07) is 5.52. The molecular weight excluding hydrogens is 321 g/mol. The van der Waals surface area contributed by atoms with Gasteiger partial charge >= 0.3 is 0 Å². The van der Waals surface area contributed by atoms with Gasteiger partial charge in [0.25, 0.3) is 0 Å². The summed E-state index contributed by atoms with van der Waals surface area (Å²) in [7, 11) is 1.63. The van der Waals surface area contributed by atoms with Gasteiger partial charge in [-0.15, -0.1) is 0 Å². The summed E-state index contributed by atoms with van der Waals surface area (Å²) in [6.45, 7) is 3.92. The molecule has 3 aromatic rings. The molecule has 22 heavy (non-hydrogen) atoms. The number of methoxy groups -OCH3 is 1. The van der Waals surface area contributed by atoms with E-state index in [0.29, 0.717) is 10.0 Å². The van der Waals surface area contributed by atoms with Crippen LogP contribution in [0.2, 0.25) is 10.0 Å². The number of ether oxygens (including phenoxy) is 1. The first-order chi connectivity index (χ1) is 10.5. The van der Waals surface area contributed by atoms with Gasteiger partial charge < -0.3 is 14.5 Å². The van der Waals surface area contributed by atoms with Gasteiger partial charge in [0.15, 0.2) is 5.65 Å². The third kappa shape index (κ3) is 2.38. The van der Waals surface area contributed by atoms with Crippen molar-refractivity contribution in [1.82, 2.24) is 9.38 Å². The van der Waals surface area contributed by atoms with Crippen LogP contribution in [-0.4, -0.2) is 16.5 Å². The summed E-state index contributed by atoms with van der Waals surface area (Å²) < 4.78 is 7.32. The highest BCUT2D eigenvalue weighted by molar-refractivity contribution is 6.35. The van der Waals surface area contributed by atoms with Crippen LogP contribution in [-0.2, 0) is 0 Å². The molecule has 114 valence electrons. The van der Waals surface area contributed by atoms with Crippen molar-refractivity contribution in [2.24, 2.45) is 0 Å².